The third-order valence-electron chi connectivity index (χ3n) is 2.35. The molecule has 108 valence electrons. The van der Waals surface area contributed by atoms with Crippen LogP contribution in [0.15, 0.2) is 18.2 Å². The fraction of sp³-hybridized carbons (Fsp3) is 0.273. The minimum atomic E-state index is -4.02. The van der Waals surface area contributed by atoms with Gasteiger partial charge in [-0.2, -0.15) is 9.98 Å². The molecule has 0 aromatic heterocycles. The normalized spacial score (nSPS) is 12.6. The fourth-order valence-corrected chi connectivity index (χ4v) is 2.33. The van der Waals surface area contributed by atoms with Crippen molar-refractivity contribution in [1.29, 1.82) is 5.26 Å². The third kappa shape index (κ3) is 4.42. The number of carbonyl (C=O) groups is 1. The van der Waals surface area contributed by atoms with Gasteiger partial charge in [0.05, 0.1) is 6.07 Å². The minimum absolute atomic E-state index is 0.242. The number of nitrogens with one attached hydrogen (secondary N) is 1. The zero-order valence-corrected chi connectivity index (χ0v) is 11.0. The fourth-order valence-electron chi connectivity index (χ4n) is 1.45. The molecule has 0 radical (unpaired) electrons. The molecule has 0 heterocycles. The molecule has 0 saturated carbocycles. The number of hydrogen-bond donors (Lipinski definition) is 4. The largest absolute Gasteiger partial charge is 0.504 e. The van der Waals surface area contributed by atoms with Gasteiger partial charge in [0.25, 0.3) is 0 Å². The van der Waals surface area contributed by atoms with Crippen LogP contribution in [0.25, 0.3) is 0 Å². The molecular formula is C11H12N2O6S. The predicted octanol–water partition coefficient (Wildman–Crippen LogP) is -0.464. The summed E-state index contributed by atoms with van der Waals surface area (Å²) in [6.07, 6.45) is -0.242. The molecule has 1 atom stereocenters. The Bertz CT molecular complexity index is 649. The summed E-state index contributed by atoms with van der Waals surface area (Å²) in [6, 6.07) is 3.58. The molecule has 9 heteroatoms. The number of carboxylic acid groups (broad SMARTS) is 1. The molecule has 0 fully saturated rings. The van der Waals surface area contributed by atoms with Gasteiger partial charge in [0.1, 0.15) is 6.04 Å². The Morgan fingerprint density at radius 1 is 1.35 bits per heavy atom. The number of phenols is 2. The highest BCUT2D eigenvalue weighted by Gasteiger charge is 2.24. The maximum atomic E-state index is 11.4. The van der Waals surface area contributed by atoms with Crippen LogP contribution in [0.3, 0.4) is 0 Å². The summed E-state index contributed by atoms with van der Waals surface area (Å²) in [5.41, 5.74) is 0.312. The number of aromatic hydroxyl groups is 2. The molecule has 1 aromatic carbocycles. The highest BCUT2D eigenvalue weighted by atomic mass is 32.2. The van der Waals surface area contributed by atoms with E-state index in [1.165, 1.54) is 12.1 Å². The Kier molecular flexibility index (Phi) is 4.90. The first kappa shape index (κ1) is 15.7. The number of nitrogens with zero attached hydrogens (tertiary/aromatic N) is 1. The van der Waals surface area contributed by atoms with Crippen LogP contribution in [0.2, 0.25) is 0 Å². The first-order valence-corrected chi connectivity index (χ1v) is 7.01. The van der Waals surface area contributed by atoms with Crippen LogP contribution >= 0.6 is 0 Å². The van der Waals surface area contributed by atoms with Crippen LogP contribution in [-0.4, -0.2) is 41.5 Å². The Morgan fingerprint density at radius 2 is 2.00 bits per heavy atom. The van der Waals surface area contributed by atoms with Crippen molar-refractivity contribution in [2.75, 3.05) is 5.75 Å². The Morgan fingerprint density at radius 3 is 2.50 bits per heavy atom. The molecule has 0 aliphatic carbocycles. The van der Waals surface area contributed by atoms with E-state index in [0.717, 1.165) is 12.1 Å². The van der Waals surface area contributed by atoms with Gasteiger partial charge in [0, 0.05) is 0 Å². The molecule has 8 nitrogen and oxygen atoms in total. The maximum Gasteiger partial charge on any atom is 0.322 e. The molecule has 0 amide bonds. The lowest BCUT2D eigenvalue weighted by molar-refractivity contribution is -0.138. The van der Waals surface area contributed by atoms with Crippen molar-refractivity contribution in [1.82, 2.24) is 4.72 Å². The number of rotatable bonds is 6. The topological polar surface area (TPSA) is 148 Å². The molecular weight excluding hydrogens is 288 g/mol. The van der Waals surface area contributed by atoms with Gasteiger partial charge in [-0.25, -0.2) is 8.42 Å². The average molecular weight is 300 g/mol. The molecule has 4 N–H and O–H groups in total. The monoisotopic (exact) mass is 300 g/mol. The van der Waals surface area contributed by atoms with E-state index >= 15 is 0 Å². The molecule has 0 saturated heterocycles. The Labute approximate surface area is 115 Å². The first-order chi connectivity index (χ1) is 9.25. The van der Waals surface area contributed by atoms with Gasteiger partial charge in [-0.3, -0.25) is 4.79 Å². The lowest BCUT2D eigenvalue weighted by Crippen LogP contribution is -2.43. The number of nitriles is 1. The summed E-state index contributed by atoms with van der Waals surface area (Å²) in [7, 11) is -4.02. The highest BCUT2D eigenvalue weighted by Crippen LogP contribution is 2.25. The van der Waals surface area contributed by atoms with Crippen molar-refractivity contribution in [2.45, 2.75) is 12.5 Å². The molecule has 20 heavy (non-hydrogen) atoms. The van der Waals surface area contributed by atoms with Crippen molar-refractivity contribution in [3.8, 4) is 17.6 Å². The van der Waals surface area contributed by atoms with Crippen molar-refractivity contribution in [2.24, 2.45) is 0 Å². The molecule has 0 spiro atoms. The van der Waals surface area contributed by atoms with Gasteiger partial charge in [-0.1, -0.05) is 6.07 Å². The van der Waals surface area contributed by atoms with E-state index < -0.39 is 33.5 Å². The number of phenolic OH excluding ortho intramolecular Hbond substituents is 2. The van der Waals surface area contributed by atoms with E-state index in [9.17, 15) is 18.3 Å². The summed E-state index contributed by atoms with van der Waals surface area (Å²) in [5.74, 6) is -3.08. The van der Waals surface area contributed by atoms with E-state index in [-0.39, 0.29) is 12.2 Å². The average Bonchev–Trinajstić information content (AvgIpc) is 2.32. The van der Waals surface area contributed by atoms with Crippen molar-refractivity contribution in [3.05, 3.63) is 23.8 Å². The van der Waals surface area contributed by atoms with E-state index in [1.807, 2.05) is 4.72 Å². The molecule has 1 aromatic rings. The molecule has 0 bridgehead atoms. The standard InChI is InChI=1S/C11H12N2O6S/c12-3-4-20(18,19)13-8(11(16)17)5-7-1-2-9(14)10(15)6-7/h1-2,6,8,13-15H,4-5H2,(H,16,17). The number of carboxylic acids is 1. The minimum Gasteiger partial charge on any atom is -0.504 e. The van der Waals surface area contributed by atoms with Gasteiger partial charge in [-0.05, 0) is 24.1 Å². The van der Waals surface area contributed by atoms with Gasteiger partial charge >= 0.3 is 5.97 Å². The summed E-state index contributed by atoms with van der Waals surface area (Å²) in [6.45, 7) is 0. The summed E-state index contributed by atoms with van der Waals surface area (Å²) in [5, 5.41) is 35.7. The van der Waals surface area contributed by atoms with Crippen molar-refractivity contribution < 1.29 is 28.5 Å². The smallest absolute Gasteiger partial charge is 0.322 e. The van der Waals surface area contributed by atoms with Crippen molar-refractivity contribution in [3.63, 3.8) is 0 Å². The Hall–Kier alpha value is -2.31. The number of sulfonamides is 1. The Balaban J connectivity index is 2.91. The summed E-state index contributed by atoms with van der Waals surface area (Å²) < 4.78 is 24.6. The van der Waals surface area contributed by atoms with E-state index in [0.29, 0.717) is 5.56 Å². The lowest BCUT2D eigenvalue weighted by atomic mass is 10.1. The second-order valence-electron chi connectivity index (χ2n) is 3.95. The van der Waals surface area contributed by atoms with Crippen LogP contribution in [0.4, 0.5) is 0 Å². The van der Waals surface area contributed by atoms with Crippen LogP contribution in [0, 0.1) is 11.3 Å². The molecule has 1 rings (SSSR count). The third-order valence-corrected chi connectivity index (χ3v) is 3.51. The van der Waals surface area contributed by atoms with Crippen LogP contribution in [0.5, 0.6) is 11.5 Å². The van der Waals surface area contributed by atoms with Gasteiger partial charge in [0.15, 0.2) is 17.3 Å². The second-order valence-corrected chi connectivity index (χ2v) is 5.71. The predicted molar refractivity (Wildman–Crippen MR) is 67.4 cm³/mol. The van der Waals surface area contributed by atoms with Gasteiger partial charge in [0.2, 0.25) is 10.0 Å². The van der Waals surface area contributed by atoms with Crippen molar-refractivity contribution >= 4 is 16.0 Å². The lowest BCUT2D eigenvalue weighted by Gasteiger charge is -2.14. The maximum absolute atomic E-state index is 11.4. The number of hydrogen-bond acceptors (Lipinski definition) is 6. The number of benzene rings is 1. The van der Waals surface area contributed by atoms with Crippen LogP contribution in [0.1, 0.15) is 5.56 Å². The zero-order valence-electron chi connectivity index (χ0n) is 10.1. The summed E-state index contributed by atoms with van der Waals surface area (Å²) in [4.78, 5) is 11.0. The molecule has 1 unspecified atom stereocenters. The quantitative estimate of drug-likeness (QED) is 0.519. The highest BCUT2D eigenvalue weighted by molar-refractivity contribution is 7.89. The number of aliphatic carboxylic acids is 1. The first-order valence-electron chi connectivity index (χ1n) is 5.36. The van der Waals surface area contributed by atoms with Gasteiger partial charge < -0.3 is 15.3 Å². The van der Waals surface area contributed by atoms with Crippen LogP contribution < -0.4 is 4.72 Å². The SMILES string of the molecule is N#CCS(=O)(=O)NC(Cc1ccc(O)c(O)c1)C(=O)O. The summed E-state index contributed by atoms with van der Waals surface area (Å²) >= 11 is 0. The molecule has 0 aliphatic rings. The van der Waals surface area contributed by atoms with E-state index in [4.69, 9.17) is 15.5 Å². The van der Waals surface area contributed by atoms with Crippen LogP contribution in [-0.2, 0) is 21.2 Å². The molecule has 0 aliphatic heterocycles. The van der Waals surface area contributed by atoms with E-state index in [1.54, 1.807) is 0 Å². The van der Waals surface area contributed by atoms with E-state index in [2.05, 4.69) is 0 Å². The zero-order chi connectivity index (χ0) is 15.3. The second kappa shape index (κ2) is 6.23. The van der Waals surface area contributed by atoms with Gasteiger partial charge in [-0.15, -0.1) is 0 Å².